The summed E-state index contributed by atoms with van der Waals surface area (Å²) in [6.45, 7) is 0. The highest BCUT2D eigenvalue weighted by molar-refractivity contribution is 5.76. The molecule has 4 heteroatoms. The maximum Gasteiger partial charge on any atom is 0.149 e. The van der Waals surface area contributed by atoms with E-state index in [2.05, 4.69) is 5.16 Å². The predicted octanol–water partition coefficient (Wildman–Crippen LogP) is 2.63. The van der Waals surface area contributed by atoms with Gasteiger partial charge < -0.3 is 9.62 Å². The van der Waals surface area contributed by atoms with E-state index in [0.29, 0.717) is 17.1 Å². The molecule has 0 atom stereocenters. The van der Waals surface area contributed by atoms with Gasteiger partial charge in [0.2, 0.25) is 0 Å². The van der Waals surface area contributed by atoms with Crippen LogP contribution in [0.4, 0.5) is 0 Å². The molecule has 0 aliphatic rings. The van der Waals surface area contributed by atoms with Crippen LogP contribution in [0.3, 0.4) is 0 Å². The lowest BCUT2D eigenvalue weighted by Crippen LogP contribution is -1.76. The smallest absolute Gasteiger partial charge is 0.149 e. The third-order valence-electron chi connectivity index (χ3n) is 2.11. The molecular formula is C12H8N2O2. The van der Waals surface area contributed by atoms with E-state index in [-0.39, 0.29) is 0 Å². The Morgan fingerprint density at radius 2 is 1.94 bits per heavy atom. The van der Waals surface area contributed by atoms with Crippen molar-refractivity contribution in [1.29, 1.82) is 5.26 Å². The van der Waals surface area contributed by atoms with Gasteiger partial charge in [-0.05, 0) is 36.4 Å². The highest BCUT2D eigenvalue weighted by Crippen LogP contribution is 2.21. The summed E-state index contributed by atoms with van der Waals surface area (Å²) in [5, 5.41) is 19.9. The summed E-state index contributed by atoms with van der Waals surface area (Å²) in [5.41, 5.74) is 1.48. The molecule has 0 unspecified atom stereocenters. The van der Waals surface area contributed by atoms with Gasteiger partial charge in [0.05, 0.1) is 11.6 Å². The van der Waals surface area contributed by atoms with E-state index in [9.17, 15) is 0 Å². The minimum absolute atomic E-state index is 0.474. The lowest BCUT2D eigenvalue weighted by Gasteiger charge is -1.95. The molecule has 0 spiro atoms. The SMILES string of the molecule is N#Cc1ccc(-c2ccc(C=NO)o2)cc1. The molecule has 0 amide bonds. The number of oxime groups is 1. The normalized spacial score (nSPS) is 10.4. The van der Waals surface area contributed by atoms with Crippen LogP contribution >= 0.6 is 0 Å². The van der Waals surface area contributed by atoms with Gasteiger partial charge >= 0.3 is 0 Å². The molecule has 0 saturated heterocycles. The first kappa shape index (κ1) is 9.99. The first-order chi connectivity index (χ1) is 7.83. The van der Waals surface area contributed by atoms with Crippen LogP contribution in [-0.4, -0.2) is 11.4 Å². The van der Waals surface area contributed by atoms with Crippen LogP contribution in [0.5, 0.6) is 0 Å². The molecular weight excluding hydrogens is 204 g/mol. The molecule has 2 rings (SSSR count). The Kier molecular flexibility index (Phi) is 2.70. The number of benzene rings is 1. The Balaban J connectivity index is 2.32. The molecule has 78 valence electrons. The van der Waals surface area contributed by atoms with Crippen molar-refractivity contribution >= 4 is 6.21 Å². The highest BCUT2D eigenvalue weighted by atomic mass is 16.4. The molecule has 4 nitrogen and oxygen atoms in total. The first-order valence-electron chi connectivity index (χ1n) is 4.61. The maximum atomic E-state index is 8.65. The van der Waals surface area contributed by atoms with Crippen molar-refractivity contribution in [3.8, 4) is 17.4 Å². The molecule has 2 aromatic rings. The van der Waals surface area contributed by atoms with Gasteiger partial charge in [-0.15, -0.1) is 0 Å². The van der Waals surface area contributed by atoms with Crippen LogP contribution in [0.25, 0.3) is 11.3 Å². The molecule has 1 aromatic heterocycles. The summed E-state index contributed by atoms with van der Waals surface area (Å²) in [6.07, 6.45) is 1.22. The topological polar surface area (TPSA) is 69.5 Å². The number of hydrogen-bond acceptors (Lipinski definition) is 4. The molecule has 0 aliphatic heterocycles. The number of nitrogens with zero attached hydrogens (tertiary/aromatic N) is 2. The van der Waals surface area contributed by atoms with Crippen molar-refractivity contribution in [2.24, 2.45) is 5.16 Å². The van der Waals surface area contributed by atoms with Crippen LogP contribution in [0.1, 0.15) is 11.3 Å². The van der Waals surface area contributed by atoms with E-state index in [0.717, 1.165) is 5.56 Å². The molecule has 0 aliphatic carbocycles. The van der Waals surface area contributed by atoms with Crippen LogP contribution in [-0.2, 0) is 0 Å². The van der Waals surface area contributed by atoms with E-state index in [4.69, 9.17) is 14.9 Å². The van der Waals surface area contributed by atoms with Crippen molar-refractivity contribution in [3.63, 3.8) is 0 Å². The number of furan rings is 1. The predicted molar refractivity (Wildman–Crippen MR) is 58.2 cm³/mol. The quantitative estimate of drug-likeness (QED) is 0.472. The third-order valence-corrected chi connectivity index (χ3v) is 2.11. The molecule has 0 radical (unpaired) electrons. The van der Waals surface area contributed by atoms with Crippen molar-refractivity contribution in [3.05, 3.63) is 47.7 Å². The molecule has 0 fully saturated rings. The second-order valence-electron chi connectivity index (χ2n) is 3.14. The number of hydrogen-bond donors (Lipinski definition) is 1. The molecule has 1 heterocycles. The Hall–Kier alpha value is -2.54. The average Bonchev–Trinajstić information content (AvgIpc) is 2.78. The highest BCUT2D eigenvalue weighted by Gasteiger charge is 2.03. The lowest BCUT2D eigenvalue weighted by atomic mass is 10.1. The number of nitriles is 1. The fourth-order valence-corrected chi connectivity index (χ4v) is 1.34. The van der Waals surface area contributed by atoms with Crippen molar-refractivity contribution in [2.75, 3.05) is 0 Å². The van der Waals surface area contributed by atoms with Crippen LogP contribution in [0, 0.1) is 11.3 Å². The molecule has 0 saturated carbocycles. The summed E-state index contributed by atoms with van der Waals surface area (Å²) in [4.78, 5) is 0. The van der Waals surface area contributed by atoms with Gasteiger partial charge in [-0.2, -0.15) is 5.26 Å². The fourth-order valence-electron chi connectivity index (χ4n) is 1.34. The zero-order chi connectivity index (χ0) is 11.4. The maximum absolute atomic E-state index is 8.65. The van der Waals surface area contributed by atoms with E-state index in [1.54, 1.807) is 36.4 Å². The van der Waals surface area contributed by atoms with Crippen LogP contribution in [0.15, 0.2) is 46.0 Å². The van der Waals surface area contributed by atoms with Gasteiger partial charge in [0, 0.05) is 5.56 Å². The van der Waals surface area contributed by atoms with Gasteiger partial charge in [-0.3, -0.25) is 0 Å². The lowest BCUT2D eigenvalue weighted by molar-refractivity contribution is 0.321. The third kappa shape index (κ3) is 1.93. The van der Waals surface area contributed by atoms with E-state index in [1.807, 2.05) is 6.07 Å². The van der Waals surface area contributed by atoms with E-state index >= 15 is 0 Å². The second-order valence-corrected chi connectivity index (χ2v) is 3.14. The summed E-state index contributed by atoms with van der Waals surface area (Å²) < 4.78 is 5.39. The van der Waals surface area contributed by atoms with Gasteiger partial charge in [0.15, 0.2) is 0 Å². The largest absolute Gasteiger partial charge is 0.455 e. The van der Waals surface area contributed by atoms with Gasteiger partial charge in [-0.1, -0.05) is 5.16 Å². The average molecular weight is 212 g/mol. The Bertz CT molecular complexity index is 547. The molecule has 1 N–H and O–H groups in total. The Labute approximate surface area is 92.0 Å². The number of rotatable bonds is 2. The fraction of sp³-hybridized carbons (Fsp3) is 0. The van der Waals surface area contributed by atoms with E-state index in [1.165, 1.54) is 6.21 Å². The second kappa shape index (κ2) is 4.32. The zero-order valence-corrected chi connectivity index (χ0v) is 8.29. The van der Waals surface area contributed by atoms with Crippen molar-refractivity contribution < 1.29 is 9.62 Å². The first-order valence-corrected chi connectivity index (χ1v) is 4.61. The Morgan fingerprint density at radius 1 is 1.19 bits per heavy atom. The molecule has 1 aromatic carbocycles. The standard InChI is InChI=1S/C12H8N2O2/c13-7-9-1-3-10(4-2-9)12-6-5-11(16-12)8-14-15/h1-6,8,15H. The van der Waals surface area contributed by atoms with Gasteiger partial charge in [0.25, 0.3) is 0 Å². The molecule has 0 bridgehead atoms. The molecule has 16 heavy (non-hydrogen) atoms. The van der Waals surface area contributed by atoms with Gasteiger partial charge in [0.1, 0.15) is 17.7 Å². The Morgan fingerprint density at radius 3 is 2.56 bits per heavy atom. The summed E-state index contributed by atoms with van der Waals surface area (Å²) in [7, 11) is 0. The van der Waals surface area contributed by atoms with E-state index < -0.39 is 0 Å². The summed E-state index contributed by atoms with van der Waals surface area (Å²) in [5.74, 6) is 1.14. The van der Waals surface area contributed by atoms with Crippen molar-refractivity contribution in [2.45, 2.75) is 0 Å². The van der Waals surface area contributed by atoms with Crippen molar-refractivity contribution in [1.82, 2.24) is 0 Å². The van der Waals surface area contributed by atoms with Crippen LogP contribution < -0.4 is 0 Å². The zero-order valence-electron chi connectivity index (χ0n) is 8.29. The monoisotopic (exact) mass is 212 g/mol. The minimum Gasteiger partial charge on any atom is -0.455 e. The summed E-state index contributed by atoms with van der Waals surface area (Å²) >= 11 is 0. The van der Waals surface area contributed by atoms with Gasteiger partial charge in [-0.25, -0.2) is 0 Å². The summed E-state index contributed by atoms with van der Waals surface area (Å²) in [6, 6.07) is 12.6. The van der Waals surface area contributed by atoms with Crippen LogP contribution in [0.2, 0.25) is 0 Å². The minimum atomic E-state index is 0.474.